The van der Waals surface area contributed by atoms with Crippen molar-refractivity contribution in [3.8, 4) is 16.3 Å². The quantitative estimate of drug-likeness (QED) is 0.560. The molecule has 0 radical (unpaired) electrons. The molecule has 0 atom stereocenters. The number of ether oxygens (including phenoxy) is 1. The molecule has 0 bridgehead atoms. The zero-order chi connectivity index (χ0) is 19.9. The number of nitrogens with zero attached hydrogens (tertiary/aromatic N) is 1. The summed E-state index contributed by atoms with van der Waals surface area (Å²) in [6.45, 7) is 5.25. The first kappa shape index (κ1) is 20.0. The van der Waals surface area contributed by atoms with Crippen LogP contribution in [0.15, 0.2) is 53.9 Å². The molecular formula is C22H23FN2O2S. The van der Waals surface area contributed by atoms with E-state index in [4.69, 9.17) is 4.74 Å². The molecule has 1 heterocycles. The van der Waals surface area contributed by atoms with Gasteiger partial charge >= 0.3 is 0 Å². The lowest BCUT2D eigenvalue weighted by molar-refractivity contribution is 0.0948. The van der Waals surface area contributed by atoms with Gasteiger partial charge in [-0.05, 0) is 42.2 Å². The van der Waals surface area contributed by atoms with Gasteiger partial charge in [-0.2, -0.15) is 0 Å². The maximum absolute atomic E-state index is 13.0. The van der Waals surface area contributed by atoms with E-state index < -0.39 is 0 Å². The fraction of sp³-hybridized carbons (Fsp3) is 0.273. The van der Waals surface area contributed by atoms with E-state index in [0.717, 1.165) is 22.6 Å². The van der Waals surface area contributed by atoms with Gasteiger partial charge in [0, 0.05) is 17.5 Å². The molecule has 28 heavy (non-hydrogen) atoms. The summed E-state index contributed by atoms with van der Waals surface area (Å²) >= 11 is 1.43. The highest BCUT2D eigenvalue weighted by atomic mass is 32.1. The van der Waals surface area contributed by atoms with Crippen LogP contribution in [0.3, 0.4) is 0 Å². The van der Waals surface area contributed by atoms with Gasteiger partial charge in [0.15, 0.2) is 0 Å². The molecule has 4 nitrogen and oxygen atoms in total. The average molecular weight is 399 g/mol. The van der Waals surface area contributed by atoms with Gasteiger partial charge in [0.2, 0.25) is 0 Å². The second-order valence-corrected chi connectivity index (χ2v) is 7.78. The minimum Gasteiger partial charge on any atom is -0.489 e. The Hall–Kier alpha value is -2.73. The van der Waals surface area contributed by atoms with Crippen LogP contribution in [0.2, 0.25) is 0 Å². The van der Waals surface area contributed by atoms with Crippen LogP contribution in [-0.4, -0.2) is 17.4 Å². The molecule has 1 N–H and O–H groups in total. The first-order valence-electron chi connectivity index (χ1n) is 9.22. The van der Waals surface area contributed by atoms with Crippen LogP contribution in [0.5, 0.6) is 5.75 Å². The van der Waals surface area contributed by atoms with E-state index in [1.165, 1.54) is 23.5 Å². The molecule has 6 heteroatoms. The Morgan fingerprint density at radius 1 is 1.21 bits per heavy atom. The van der Waals surface area contributed by atoms with Crippen molar-refractivity contribution in [2.45, 2.75) is 26.9 Å². The van der Waals surface area contributed by atoms with Crippen molar-refractivity contribution in [2.75, 3.05) is 6.54 Å². The summed E-state index contributed by atoms with van der Waals surface area (Å²) in [5.41, 5.74) is 2.21. The third-order valence-electron chi connectivity index (χ3n) is 4.14. The third-order valence-corrected chi connectivity index (χ3v) is 5.04. The molecule has 0 fully saturated rings. The van der Waals surface area contributed by atoms with Crippen molar-refractivity contribution in [2.24, 2.45) is 5.92 Å². The Labute approximate surface area is 168 Å². The number of hydrogen-bond acceptors (Lipinski definition) is 4. The molecule has 2 aromatic carbocycles. The fourth-order valence-corrected chi connectivity index (χ4v) is 3.34. The van der Waals surface area contributed by atoms with Gasteiger partial charge < -0.3 is 10.1 Å². The summed E-state index contributed by atoms with van der Waals surface area (Å²) in [4.78, 5) is 16.7. The molecule has 1 aromatic heterocycles. The largest absolute Gasteiger partial charge is 0.489 e. The first-order chi connectivity index (χ1) is 13.5. The number of amides is 1. The SMILES string of the molecule is CC(C)CCNC(=O)c1csc(-c2cccc(OCc3ccc(F)cc3)c2)n1. The number of rotatable bonds is 8. The van der Waals surface area contributed by atoms with Crippen molar-refractivity contribution in [1.29, 1.82) is 0 Å². The summed E-state index contributed by atoms with van der Waals surface area (Å²) in [6.07, 6.45) is 0.941. The zero-order valence-electron chi connectivity index (χ0n) is 15.9. The Morgan fingerprint density at radius 2 is 2.00 bits per heavy atom. The first-order valence-corrected chi connectivity index (χ1v) is 10.1. The van der Waals surface area contributed by atoms with Crippen LogP contribution in [0.4, 0.5) is 4.39 Å². The van der Waals surface area contributed by atoms with Crippen LogP contribution >= 0.6 is 11.3 Å². The van der Waals surface area contributed by atoms with E-state index in [2.05, 4.69) is 24.1 Å². The number of benzene rings is 2. The van der Waals surface area contributed by atoms with Gasteiger partial charge in [0.25, 0.3) is 5.91 Å². The summed E-state index contributed by atoms with van der Waals surface area (Å²) < 4.78 is 18.8. The van der Waals surface area contributed by atoms with Gasteiger partial charge in [-0.1, -0.05) is 38.1 Å². The minimum atomic E-state index is -0.265. The number of hydrogen-bond donors (Lipinski definition) is 1. The number of aromatic nitrogens is 1. The number of carbonyl (C=O) groups excluding carboxylic acids is 1. The fourth-order valence-electron chi connectivity index (χ4n) is 2.54. The second-order valence-electron chi connectivity index (χ2n) is 6.92. The van der Waals surface area contributed by atoms with Crippen LogP contribution in [0.25, 0.3) is 10.6 Å². The molecule has 0 aliphatic carbocycles. The molecule has 146 valence electrons. The predicted octanol–water partition coefficient (Wildman–Crippen LogP) is 5.30. The van der Waals surface area contributed by atoms with Crippen molar-refractivity contribution < 1.29 is 13.9 Å². The van der Waals surface area contributed by atoms with Gasteiger partial charge in [-0.25, -0.2) is 9.37 Å². The highest BCUT2D eigenvalue weighted by molar-refractivity contribution is 7.13. The lowest BCUT2D eigenvalue weighted by Crippen LogP contribution is -2.25. The maximum Gasteiger partial charge on any atom is 0.270 e. The Bertz CT molecular complexity index is 922. The smallest absolute Gasteiger partial charge is 0.270 e. The molecule has 3 rings (SSSR count). The van der Waals surface area contributed by atoms with Crippen LogP contribution in [0.1, 0.15) is 36.3 Å². The van der Waals surface area contributed by atoms with Crippen molar-refractivity contribution in [1.82, 2.24) is 10.3 Å². The van der Waals surface area contributed by atoms with Crippen molar-refractivity contribution in [3.63, 3.8) is 0 Å². The van der Waals surface area contributed by atoms with Gasteiger partial charge in [-0.3, -0.25) is 4.79 Å². The molecule has 0 unspecified atom stereocenters. The molecule has 0 aliphatic rings. The normalized spacial score (nSPS) is 10.9. The summed E-state index contributed by atoms with van der Waals surface area (Å²) in [5, 5.41) is 5.44. The van der Waals surface area contributed by atoms with Gasteiger partial charge in [0.05, 0.1) is 0 Å². The van der Waals surface area contributed by atoms with Crippen LogP contribution < -0.4 is 10.1 Å². The monoisotopic (exact) mass is 398 g/mol. The second kappa shape index (κ2) is 9.46. The number of nitrogens with one attached hydrogen (secondary N) is 1. The summed E-state index contributed by atoms with van der Waals surface area (Å²) in [7, 11) is 0. The Morgan fingerprint density at radius 3 is 2.75 bits per heavy atom. The molecule has 0 spiro atoms. The van der Waals surface area contributed by atoms with Gasteiger partial charge in [0.1, 0.15) is 28.9 Å². The van der Waals surface area contributed by atoms with E-state index in [-0.39, 0.29) is 11.7 Å². The van der Waals surface area contributed by atoms with E-state index in [0.29, 0.717) is 30.5 Å². The Balaban J connectivity index is 1.62. The van der Waals surface area contributed by atoms with Crippen molar-refractivity contribution in [3.05, 3.63) is 71.0 Å². The third kappa shape index (κ3) is 5.63. The van der Waals surface area contributed by atoms with Gasteiger partial charge in [-0.15, -0.1) is 11.3 Å². The van der Waals surface area contributed by atoms with E-state index in [1.54, 1.807) is 17.5 Å². The molecule has 3 aromatic rings. The topological polar surface area (TPSA) is 51.2 Å². The predicted molar refractivity (Wildman–Crippen MR) is 110 cm³/mol. The number of carbonyl (C=O) groups is 1. The highest BCUT2D eigenvalue weighted by Gasteiger charge is 2.12. The lowest BCUT2D eigenvalue weighted by atomic mass is 10.1. The molecule has 0 aliphatic heterocycles. The molecular weight excluding hydrogens is 375 g/mol. The van der Waals surface area contributed by atoms with Crippen LogP contribution in [-0.2, 0) is 6.61 Å². The highest BCUT2D eigenvalue weighted by Crippen LogP contribution is 2.27. The average Bonchev–Trinajstić information content (AvgIpc) is 3.18. The molecule has 0 saturated carbocycles. The Kier molecular flexibility index (Phi) is 6.76. The van der Waals surface area contributed by atoms with Crippen molar-refractivity contribution >= 4 is 17.2 Å². The minimum absolute atomic E-state index is 0.146. The molecule has 0 saturated heterocycles. The van der Waals surface area contributed by atoms with Crippen LogP contribution in [0, 0.1) is 11.7 Å². The summed E-state index contributed by atoms with van der Waals surface area (Å²) in [6, 6.07) is 13.8. The molecule has 1 amide bonds. The van der Waals surface area contributed by atoms with E-state index in [9.17, 15) is 9.18 Å². The van der Waals surface area contributed by atoms with E-state index in [1.807, 2.05) is 24.3 Å². The standard InChI is InChI=1S/C22H23FN2O2S/c1-15(2)10-11-24-21(26)20-14-28-22(25-20)17-4-3-5-19(12-17)27-13-16-6-8-18(23)9-7-16/h3-9,12,14-15H,10-11,13H2,1-2H3,(H,24,26). The lowest BCUT2D eigenvalue weighted by Gasteiger charge is -2.07. The summed E-state index contributed by atoms with van der Waals surface area (Å²) in [5.74, 6) is 0.828. The number of halogens is 1. The van der Waals surface area contributed by atoms with E-state index >= 15 is 0 Å². The zero-order valence-corrected chi connectivity index (χ0v) is 16.8. The number of thiazole rings is 1. The maximum atomic E-state index is 13.0.